The molecule has 2 aromatic heterocycles. The van der Waals surface area contributed by atoms with Gasteiger partial charge in [-0.2, -0.15) is 4.39 Å². The van der Waals surface area contributed by atoms with Gasteiger partial charge in [-0.05, 0) is 42.7 Å². The second-order valence-electron chi connectivity index (χ2n) is 5.86. The smallest absolute Gasteiger partial charge is 0.219 e. The van der Waals surface area contributed by atoms with Gasteiger partial charge in [0, 0.05) is 23.0 Å². The molecule has 2 heterocycles. The summed E-state index contributed by atoms with van der Waals surface area (Å²) in [5, 5.41) is 0. The Labute approximate surface area is 124 Å². The fraction of sp³-hybridized carbons (Fsp3) is 0.471. The zero-order valence-corrected chi connectivity index (χ0v) is 12.8. The summed E-state index contributed by atoms with van der Waals surface area (Å²) in [6, 6.07) is 0. The Kier molecular flexibility index (Phi) is 3.70. The molecule has 0 aromatic carbocycles. The minimum Gasteiger partial charge on any atom is -0.260 e. The summed E-state index contributed by atoms with van der Waals surface area (Å²) in [7, 11) is 0. The molecule has 3 rings (SSSR count). The molecule has 0 aliphatic heterocycles. The van der Waals surface area contributed by atoms with E-state index in [0.717, 1.165) is 24.8 Å². The largest absolute Gasteiger partial charge is 0.260 e. The minimum absolute atomic E-state index is 0.373. The van der Waals surface area contributed by atoms with Crippen LogP contribution in [0.15, 0.2) is 12.5 Å². The summed E-state index contributed by atoms with van der Waals surface area (Å²) < 4.78 is 14.0. The molecule has 1 aliphatic rings. The Morgan fingerprint density at radius 3 is 2.71 bits per heavy atom. The van der Waals surface area contributed by atoms with Gasteiger partial charge in [0.2, 0.25) is 5.95 Å². The van der Waals surface area contributed by atoms with Crippen molar-refractivity contribution in [3.63, 3.8) is 0 Å². The van der Waals surface area contributed by atoms with Crippen molar-refractivity contribution in [3.05, 3.63) is 40.9 Å². The molecule has 0 radical (unpaired) electrons. The van der Waals surface area contributed by atoms with E-state index >= 15 is 0 Å². The molecule has 3 nitrogen and oxygen atoms in total. The molecule has 0 unspecified atom stereocenters. The fourth-order valence-corrected chi connectivity index (χ4v) is 3.32. The number of rotatable bonds is 3. The summed E-state index contributed by atoms with van der Waals surface area (Å²) in [5.41, 5.74) is 6.10. The van der Waals surface area contributed by atoms with Crippen LogP contribution in [0.2, 0.25) is 0 Å². The average Bonchev–Trinajstić information content (AvgIpc) is 2.93. The van der Waals surface area contributed by atoms with Crippen LogP contribution >= 0.6 is 0 Å². The van der Waals surface area contributed by atoms with E-state index in [-0.39, 0.29) is 0 Å². The second kappa shape index (κ2) is 5.51. The van der Waals surface area contributed by atoms with E-state index in [1.54, 1.807) is 0 Å². The summed E-state index contributed by atoms with van der Waals surface area (Å²) >= 11 is 0. The Morgan fingerprint density at radius 1 is 1.19 bits per heavy atom. The first kappa shape index (κ1) is 14.1. The van der Waals surface area contributed by atoms with Crippen molar-refractivity contribution in [1.29, 1.82) is 0 Å². The third kappa shape index (κ3) is 2.33. The van der Waals surface area contributed by atoms with Crippen molar-refractivity contribution >= 4 is 0 Å². The number of hydrogen-bond donors (Lipinski definition) is 0. The lowest BCUT2D eigenvalue weighted by atomic mass is 9.89. The number of fused-ring (bicyclic) bond motifs is 1. The summed E-state index contributed by atoms with van der Waals surface area (Å²) in [5.74, 6) is -0.0460. The Morgan fingerprint density at radius 2 is 2.00 bits per heavy atom. The first-order valence-corrected chi connectivity index (χ1v) is 7.63. The quantitative estimate of drug-likeness (QED) is 0.804. The predicted molar refractivity (Wildman–Crippen MR) is 80.7 cm³/mol. The maximum absolute atomic E-state index is 14.0. The maximum atomic E-state index is 14.0. The highest BCUT2D eigenvalue weighted by Gasteiger charge is 2.24. The van der Waals surface area contributed by atoms with Gasteiger partial charge in [-0.3, -0.25) is 4.98 Å². The standard InChI is InChI=1S/C17H20FN3/c1-4-11-16(20-9-21-17(11)18)13-8-19-14-7-5-6-12(14)15(13)10(2)3/h8-10H,4-7H2,1-3H3. The topological polar surface area (TPSA) is 38.7 Å². The molecule has 0 bridgehead atoms. The Hall–Kier alpha value is -1.84. The van der Waals surface area contributed by atoms with Crippen LogP contribution in [0.4, 0.5) is 4.39 Å². The Bertz CT molecular complexity index is 680. The molecule has 110 valence electrons. The van der Waals surface area contributed by atoms with E-state index < -0.39 is 5.95 Å². The third-order valence-electron chi connectivity index (χ3n) is 4.23. The summed E-state index contributed by atoms with van der Waals surface area (Å²) in [6.07, 6.45) is 7.04. The molecule has 0 atom stereocenters. The van der Waals surface area contributed by atoms with Crippen molar-refractivity contribution in [1.82, 2.24) is 15.0 Å². The minimum atomic E-state index is -0.419. The first-order valence-electron chi connectivity index (χ1n) is 7.63. The number of nitrogens with zero attached hydrogens (tertiary/aromatic N) is 3. The molecule has 2 aromatic rings. The molecule has 4 heteroatoms. The van der Waals surface area contributed by atoms with Crippen LogP contribution in [-0.4, -0.2) is 15.0 Å². The van der Waals surface area contributed by atoms with Crippen molar-refractivity contribution in [2.45, 2.75) is 52.4 Å². The van der Waals surface area contributed by atoms with Gasteiger partial charge < -0.3 is 0 Å². The van der Waals surface area contributed by atoms with Crippen LogP contribution in [-0.2, 0) is 19.3 Å². The van der Waals surface area contributed by atoms with Crippen molar-refractivity contribution in [3.8, 4) is 11.3 Å². The van der Waals surface area contributed by atoms with Gasteiger partial charge in [-0.1, -0.05) is 20.8 Å². The molecule has 0 amide bonds. The van der Waals surface area contributed by atoms with Crippen LogP contribution in [0.25, 0.3) is 11.3 Å². The highest BCUT2D eigenvalue weighted by molar-refractivity contribution is 5.69. The zero-order chi connectivity index (χ0) is 15.0. The van der Waals surface area contributed by atoms with Gasteiger partial charge in [0.1, 0.15) is 6.33 Å². The second-order valence-corrected chi connectivity index (χ2v) is 5.86. The summed E-state index contributed by atoms with van der Waals surface area (Å²) in [6.45, 7) is 6.29. The lowest BCUT2D eigenvalue weighted by Crippen LogP contribution is -2.06. The van der Waals surface area contributed by atoms with E-state index in [4.69, 9.17) is 0 Å². The van der Waals surface area contributed by atoms with Crippen LogP contribution in [0.3, 0.4) is 0 Å². The van der Waals surface area contributed by atoms with Gasteiger partial charge in [-0.25, -0.2) is 9.97 Å². The molecule has 0 saturated heterocycles. The lowest BCUT2D eigenvalue weighted by Gasteiger charge is -2.18. The van der Waals surface area contributed by atoms with Gasteiger partial charge in [-0.15, -0.1) is 0 Å². The number of aryl methyl sites for hydroxylation is 1. The zero-order valence-electron chi connectivity index (χ0n) is 12.8. The van der Waals surface area contributed by atoms with Crippen LogP contribution in [0.1, 0.15) is 55.5 Å². The van der Waals surface area contributed by atoms with E-state index in [2.05, 4.69) is 28.8 Å². The SMILES string of the molecule is CCc1c(F)ncnc1-c1cnc2c(c1C(C)C)CCC2. The van der Waals surface area contributed by atoms with Crippen LogP contribution < -0.4 is 0 Å². The molecule has 0 fully saturated rings. The number of aromatic nitrogens is 3. The van der Waals surface area contributed by atoms with Crippen molar-refractivity contribution < 1.29 is 4.39 Å². The van der Waals surface area contributed by atoms with Crippen molar-refractivity contribution in [2.75, 3.05) is 0 Å². The first-order chi connectivity index (χ1) is 10.1. The highest BCUT2D eigenvalue weighted by Crippen LogP contribution is 2.37. The van der Waals surface area contributed by atoms with Gasteiger partial charge >= 0.3 is 0 Å². The predicted octanol–water partition coefficient (Wildman–Crippen LogP) is 3.85. The third-order valence-corrected chi connectivity index (χ3v) is 4.23. The van der Waals surface area contributed by atoms with Gasteiger partial charge in [0.25, 0.3) is 0 Å². The van der Waals surface area contributed by atoms with E-state index in [1.165, 1.54) is 23.1 Å². The van der Waals surface area contributed by atoms with Gasteiger partial charge in [0.15, 0.2) is 0 Å². The normalized spacial score (nSPS) is 13.8. The molecule has 0 N–H and O–H groups in total. The lowest BCUT2D eigenvalue weighted by molar-refractivity contribution is 0.564. The average molecular weight is 285 g/mol. The van der Waals surface area contributed by atoms with E-state index in [0.29, 0.717) is 23.6 Å². The Balaban J connectivity index is 2.27. The molecular weight excluding hydrogens is 265 g/mol. The number of hydrogen-bond acceptors (Lipinski definition) is 3. The fourth-order valence-electron chi connectivity index (χ4n) is 3.32. The van der Waals surface area contributed by atoms with Crippen molar-refractivity contribution in [2.24, 2.45) is 0 Å². The molecule has 0 saturated carbocycles. The molecule has 0 spiro atoms. The monoisotopic (exact) mass is 285 g/mol. The van der Waals surface area contributed by atoms with Crippen LogP contribution in [0.5, 0.6) is 0 Å². The van der Waals surface area contributed by atoms with Gasteiger partial charge in [0.05, 0.1) is 5.69 Å². The maximum Gasteiger partial charge on any atom is 0.219 e. The molecular formula is C17H20FN3. The van der Waals surface area contributed by atoms with E-state index in [9.17, 15) is 4.39 Å². The number of halogens is 1. The summed E-state index contributed by atoms with van der Waals surface area (Å²) in [4.78, 5) is 12.6. The molecule has 1 aliphatic carbocycles. The number of pyridine rings is 1. The highest BCUT2D eigenvalue weighted by atomic mass is 19.1. The molecule has 21 heavy (non-hydrogen) atoms. The van der Waals surface area contributed by atoms with Crippen LogP contribution in [0, 0.1) is 5.95 Å². The van der Waals surface area contributed by atoms with E-state index in [1.807, 2.05) is 13.1 Å².